The van der Waals surface area contributed by atoms with E-state index in [-0.39, 0.29) is 0 Å². The first-order valence-electron chi connectivity index (χ1n) is 6.24. The van der Waals surface area contributed by atoms with Gasteiger partial charge in [-0.3, -0.25) is 0 Å². The molecule has 2 nitrogen and oxygen atoms in total. The Morgan fingerprint density at radius 2 is 1.68 bits per heavy atom. The van der Waals surface area contributed by atoms with Gasteiger partial charge >= 0.3 is 11.3 Å². The highest BCUT2D eigenvalue weighted by atomic mass is 16.5. The predicted molar refractivity (Wildman–Crippen MR) is 77.3 cm³/mol. The first-order chi connectivity index (χ1) is 9.26. The molecule has 3 aromatic rings. The minimum Gasteiger partial charge on any atom is -0.497 e. The van der Waals surface area contributed by atoms with Crippen LogP contribution >= 0.6 is 0 Å². The fraction of sp³-hybridized carbons (Fsp3) is 0.118. The van der Waals surface area contributed by atoms with Crippen LogP contribution in [0.4, 0.5) is 0 Å². The van der Waals surface area contributed by atoms with Crippen molar-refractivity contribution in [2.75, 3.05) is 7.11 Å². The van der Waals surface area contributed by atoms with Gasteiger partial charge in [0.05, 0.1) is 18.1 Å². The molecule has 0 bridgehead atoms. The SMILES string of the molecule is COc1ccc(-c2ccc3cc(C)ccc3[o+]2)cc1. The number of benzene rings is 2. The fourth-order valence-corrected chi connectivity index (χ4v) is 2.12. The largest absolute Gasteiger partial charge is 0.497 e. The highest BCUT2D eigenvalue weighted by molar-refractivity contribution is 5.79. The van der Waals surface area contributed by atoms with Gasteiger partial charge in [-0.15, -0.1) is 0 Å². The van der Waals surface area contributed by atoms with Crippen molar-refractivity contribution in [1.82, 2.24) is 0 Å². The maximum absolute atomic E-state index is 5.94. The number of aryl methyl sites for hydroxylation is 1. The molecule has 0 N–H and O–H groups in total. The Morgan fingerprint density at radius 1 is 0.895 bits per heavy atom. The summed E-state index contributed by atoms with van der Waals surface area (Å²) in [7, 11) is 1.66. The van der Waals surface area contributed by atoms with E-state index in [2.05, 4.69) is 25.1 Å². The number of ether oxygens (including phenoxy) is 1. The van der Waals surface area contributed by atoms with Crippen molar-refractivity contribution in [3.8, 4) is 17.1 Å². The number of hydrogen-bond acceptors (Lipinski definition) is 1. The van der Waals surface area contributed by atoms with Gasteiger partial charge in [-0.2, -0.15) is 0 Å². The highest BCUT2D eigenvalue weighted by Gasteiger charge is 2.14. The molecule has 2 heteroatoms. The van der Waals surface area contributed by atoms with E-state index in [1.54, 1.807) is 7.11 Å². The van der Waals surface area contributed by atoms with Crippen LogP contribution in [0, 0.1) is 6.92 Å². The van der Waals surface area contributed by atoms with Crippen molar-refractivity contribution in [2.45, 2.75) is 6.92 Å². The third-order valence-electron chi connectivity index (χ3n) is 3.17. The smallest absolute Gasteiger partial charge is 0.360 e. The topological polar surface area (TPSA) is 20.5 Å². The molecular formula is C17H15O2+. The van der Waals surface area contributed by atoms with Crippen LogP contribution in [0.2, 0.25) is 0 Å². The number of hydrogen-bond donors (Lipinski definition) is 0. The Bertz CT molecular complexity index is 715. The van der Waals surface area contributed by atoms with Crippen LogP contribution in [0.15, 0.2) is 59.0 Å². The Labute approximate surface area is 112 Å². The molecule has 0 atom stereocenters. The number of methoxy groups -OCH3 is 1. The molecule has 2 aromatic carbocycles. The third kappa shape index (κ3) is 2.29. The maximum atomic E-state index is 5.94. The van der Waals surface area contributed by atoms with Gasteiger partial charge in [-0.1, -0.05) is 0 Å². The molecule has 94 valence electrons. The summed E-state index contributed by atoms with van der Waals surface area (Å²) in [6.07, 6.45) is 0. The van der Waals surface area contributed by atoms with Gasteiger partial charge in [0.25, 0.3) is 0 Å². The van der Waals surface area contributed by atoms with Crippen LogP contribution in [0.25, 0.3) is 22.3 Å². The van der Waals surface area contributed by atoms with Crippen molar-refractivity contribution in [3.05, 3.63) is 60.2 Å². The second-order valence-electron chi connectivity index (χ2n) is 4.57. The predicted octanol–water partition coefficient (Wildman–Crippen LogP) is 4.70. The van der Waals surface area contributed by atoms with Crippen LogP contribution in [-0.2, 0) is 0 Å². The Hall–Kier alpha value is -2.35. The van der Waals surface area contributed by atoms with Crippen LogP contribution in [-0.4, -0.2) is 7.11 Å². The lowest BCUT2D eigenvalue weighted by Gasteiger charge is -1.98. The van der Waals surface area contributed by atoms with Crippen LogP contribution < -0.4 is 4.74 Å². The van der Waals surface area contributed by atoms with E-state index < -0.39 is 0 Å². The van der Waals surface area contributed by atoms with Gasteiger partial charge in [-0.25, -0.2) is 4.42 Å². The second-order valence-corrected chi connectivity index (χ2v) is 4.57. The summed E-state index contributed by atoms with van der Waals surface area (Å²) < 4.78 is 11.1. The van der Waals surface area contributed by atoms with Gasteiger partial charge in [-0.05, 0) is 55.0 Å². The minimum absolute atomic E-state index is 0.847. The first kappa shape index (κ1) is 11.7. The van der Waals surface area contributed by atoms with E-state index in [0.717, 1.165) is 28.0 Å². The van der Waals surface area contributed by atoms with Crippen molar-refractivity contribution >= 4 is 11.0 Å². The molecule has 0 aliphatic carbocycles. The minimum atomic E-state index is 0.847. The normalized spacial score (nSPS) is 10.6. The molecule has 1 aromatic heterocycles. The molecule has 3 rings (SSSR count). The summed E-state index contributed by atoms with van der Waals surface area (Å²) in [6, 6.07) is 18.1. The zero-order valence-corrected chi connectivity index (χ0v) is 11.0. The molecule has 0 saturated carbocycles. The molecule has 0 spiro atoms. The molecule has 0 aliphatic heterocycles. The summed E-state index contributed by atoms with van der Waals surface area (Å²) in [5.41, 5.74) is 3.18. The van der Waals surface area contributed by atoms with E-state index >= 15 is 0 Å². The van der Waals surface area contributed by atoms with Crippen LogP contribution in [0.5, 0.6) is 5.75 Å². The molecular weight excluding hydrogens is 236 g/mol. The average Bonchev–Trinajstić information content (AvgIpc) is 2.47. The number of rotatable bonds is 2. The monoisotopic (exact) mass is 251 g/mol. The van der Waals surface area contributed by atoms with E-state index in [1.807, 2.05) is 36.4 Å². The van der Waals surface area contributed by atoms with Crippen molar-refractivity contribution in [2.24, 2.45) is 0 Å². The Kier molecular flexibility index (Phi) is 2.92. The first-order valence-corrected chi connectivity index (χ1v) is 6.24. The van der Waals surface area contributed by atoms with Crippen LogP contribution in [0.1, 0.15) is 5.56 Å². The Balaban J connectivity index is 2.06. The fourth-order valence-electron chi connectivity index (χ4n) is 2.12. The van der Waals surface area contributed by atoms with Gasteiger partial charge in [0.2, 0.25) is 0 Å². The van der Waals surface area contributed by atoms with Gasteiger partial charge in [0, 0.05) is 12.1 Å². The molecule has 1 heterocycles. The summed E-state index contributed by atoms with van der Waals surface area (Å²) in [4.78, 5) is 0. The molecule has 0 amide bonds. The second kappa shape index (κ2) is 4.73. The van der Waals surface area contributed by atoms with Gasteiger partial charge < -0.3 is 4.74 Å². The van der Waals surface area contributed by atoms with Crippen molar-refractivity contribution in [1.29, 1.82) is 0 Å². The van der Waals surface area contributed by atoms with Crippen molar-refractivity contribution in [3.63, 3.8) is 0 Å². The van der Waals surface area contributed by atoms with E-state index in [4.69, 9.17) is 9.15 Å². The lowest BCUT2D eigenvalue weighted by molar-refractivity contribution is 0.415. The molecule has 0 unspecified atom stereocenters. The summed E-state index contributed by atoms with van der Waals surface area (Å²) >= 11 is 0. The Morgan fingerprint density at radius 3 is 2.42 bits per heavy atom. The summed E-state index contributed by atoms with van der Waals surface area (Å²) in [5, 5.41) is 1.12. The summed E-state index contributed by atoms with van der Waals surface area (Å²) in [6.45, 7) is 2.08. The van der Waals surface area contributed by atoms with E-state index in [0.29, 0.717) is 0 Å². The highest BCUT2D eigenvalue weighted by Crippen LogP contribution is 2.26. The quantitative estimate of drug-likeness (QED) is 0.615. The van der Waals surface area contributed by atoms with E-state index in [9.17, 15) is 0 Å². The summed E-state index contributed by atoms with van der Waals surface area (Å²) in [5.74, 6) is 1.71. The zero-order chi connectivity index (χ0) is 13.2. The van der Waals surface area contributed by atoms with Crippen LogP contribution in [0.3, 0.4) is 0 Å². The average molecular weight is 251 g/mol. The molecule has 0 radical (unpaired) electrons. The van der Waals surface area contributed by atoms with Crippen molar-refractivity contribution < 1.29 is 9.15 Å². The standard InChI is InChI=1S/C17H15O2/c1-12-3-9-17-14(11-12)6-10-16(19-17)13-4-7-15(18-2)8-5-13/h3-11H,1-2H3/q+1. The molecule has 0 fully saturated rings. The van der Waals surface area contributed by atoms with Gasteiger partial charge in [0.1, 0.15) is 5.75 Å². The third-order valence-corrected chi connectivity index (χ3v) is 3.17. The molecule has 0 aliphatic rings. The molecule has 0 saturated heterocycles. The van der Waals surface area contributed by atoms with E-state index in [1.165, 1.54) is 5.56 Å². The van der Waals surface area contributed by atoms with Gasteiger partial charge in [0.15, 0.2) is 0 Å². The lowest BCUT2D eigenvalue weighted by atomic mass is 10.1. The number of fused-ring (bicyclic) bond motifs is 1. The maximum Gasteiger partial charge on any atom is 0.360 e. The lowest BCUT2D eigenvalue weighted by Crippen LogP contribution is -1.83. The zero-order valence-electron chi connectivity index (χ0n) is 11.0. The molecule has 19 heavy (non-hydrogen) atoms.